The van der Waals surface area contributed by atoms with Crippen molar-refractivity contribution < 1.29 is 23.0 Å². The zero-order valence-corrected chi connectivity index (χ0v) is 9.07. The van der Waals surface area contributed by atoms with Crippen molar-refractivity contribution in [1.82, 2.24) is 0 Å². The summed E-state index contributed by atoms with van der Waals surface area (Å²) in [5.74, 6) is -0.402. The molecule has 6 heteroatoms. The molecule has 1 aromatic rings. The summed E-state index contributed by atoms with van der Waals surface area (Å²) >= 11 is 0. The third-order valence-electron chi connectivity index (χ3n) is 1.83. The van der Waals surface area contributed by atoms with Crippen molar-refractivity contribution in [1.29, 1.82) is 0 Å². The van der Waals surface area contributed by atoms with Crippen molar-refractivity contribution in [2.75, 3.05) is 12.4 Å². The number of alkyl halides is 2. The number of carbonyl (C=O) groups excluding carboxylic acids is 1. The molecular weight excluding hydrogens is 232 g/mol. The van der Waals surface area contributed by atoms with Crippen LogP contribution in [0.3, 0.4) is 0 Å². The van der Waals surface area contributed by atoms with Crippen LogP contribution in [-0.4, -0.2) is 19.6 Å². The van der Waals surface area contributed by atoms with E-state index in [1.54, 1.807) is 0 Å². The highest BCUT2D eigenvalue weighted by Gasteiger charge is 2.11. The SMILES string of the molecule is C=CC(=O)Nc1ccc(OC(F)F)c(OC)c1. The van der Waals surface area contributed by atoms with Crippen molar-refractivity contribution in [3.63, 3.8) is 0 Å². The molecule has 0 saturated carbocycles. The van der Waals surface area contributed by atoms with Gasteiger partial charge in [0.25, 0.3) is 0 Å². The van der Waals surface area contributed by atoms with Gasteiger partial charge < -0.3 is 14.8 Å². The van der Waals surface area contributed by atoms with Crippen LogP contribution in [0, 0.1) is 0 Å². The quantitative estimate of drug-likeness (QED) is 0.808. The number of halogens is 2. The van der Waals surface area contributed by atoms with E-state index in [-0.39, 0.29) is 11.5 Å². The van der Waals surface area contributed by atoms with E-state index in [9.17, 15) is 13.6 Å². The first kappa shape index (κ1) is 13.0. The molecular formula is C11H11F2NO3. The molecule has 0 saturated heterocycles. The van der Waals surface area contributed by atoms with Crippen LogP contribution in [0.1, 0.15) is 0 Å². The second kappa shape index (κ2) is 5.83. The molecule has 0 aliphatic rings. The minimum absolute atomic E-state index is 0.0981. The van der Waals surface area contributed by atoms with Gasteiger partial charge in [0.1, 0.15) is 0 Å². The summed E-state index contributed by atoms with van der Waals surface area (Å²) < 4.78 is 33.2. The van der Waals surface area contributed by atoms with E-state index in [4.69, 9.17) is 4.74 Å². The molecule has 0 spiro atoms. The summed E-state index contributed by atoms with van der Waals surface area (Å²) in [6.07, 6.45) is 1.09. The first-order valence-corrected chi connectivity index (χ1v) is 4.63. The number of ether oxygens (including phenoxy) is 2. The van der Waals surface area contributed by atoms with Crippen LogP contribution in [0.25, 0.3) is 0 Å². The smallest absolute Gasteiger partial charge is 0.387 e. The number of hydrogen-bond acceptors (Lipinski definition) is 3. The van der Waals surface area contributed by atoms with Gasteiger partial charge in [0.15, 0.2) is 11.5 Å². The molecule has 1 amide bonds. The van der Waals surface area contributed by atoms with Crippen molar-refractivity contribution >= 4 is 11.6 Å². The van der Waals surface area contributed by atoms with Crippen molar-refractivity contribution in [3.05, 3.63) is 30.9 Å². The van der Waals surface area contributed by atoms with Gasteiger partial charge in [0.2, 0.25) is 5.91 Å². The van der Waals surface area contributed by atoms with Gasteiger partial charge in [-0.2, -0.15) is 8.78 Å². The number of methoxy groups -OCH3 is 1. The third-order valence-corrected chi connectivity index (χ3v) is 1.83. The molecule has 4 nitrogen and oxygen atoms in total. The van der Waals surface area contributed by atoms with Crippen LogP contribution < -0.4 is 14.8 Å². The summed E-state index contributed by atoms with van der Waals surface area (Å²) in [6, 6.07) is 4.07. The molecule has 0 fully saturated rings. The molecule has 1 aromatic carbocycles. The average molecular weight is 243 g/mol. The standard InChI is InChI=1S/C11H11F2NO3/c1-3-10(15)14-7-4-5-8(17-11(12)13)9(6-7)16-2/h3-6,11H,1H2,2H3,(H,14,15). The Kier molecular flexibility index (Phi) is 4.45. The second-order valence-corrected chi connectivity index (χ2v) is 2.94. The van der Waals surface area contributed by atoms with Crippen molar-refractivity contribution in [2.45, 2.75) is 6.61 Å². The predicted octanol–water partition coefficient (Wildman–Crippen LogP) is 2.42. The topological polar surface area (TPSA) is 47.6 Å². The highest BCUT2D eigenvalue weighted by Crippen LogP contribution is 2.31. The summed E-state index contributed by atoms with van der Waals surface area (Å²) in [6.45, 7) is 0.356. The maximum atomic E-state index is 12.0. The van der Waals surface area contributed by atoms with Gasteiger partial charge in [-0.15, -0.1) is 0 Å². The number of rotatable bonds is 5. The molecule has 0 atom stereocenters. The summed E-state index contributed by atoms with van der Waals surface area (Å²) in [4.78, 5) is 11.0. The molecule has 0 radical (unpaired) electrons. The van der Waals surface area contributed by atoms with Gasteiger partial charge >= 0.3 is 6.61 Å². The normalized spacial score (nSPS) is 9.88. The zero-order chi connectivity index (χ0) is 12.8. The van der Waals surface area contributed by atoms with E-state index in [2.05, 4.69) is 16.6 Å². The Morgan fingerprint density at radius 1 is 1.47 bits per heavy atom. The van der Waals surface area contributed by atoms with E-state index in [1.165, 1.54) is 25.3 Å². The number of carbonyl (C=O) groups is 1. The van der Waals surface area contributed by atoms with Gasteiger partial charge in [0.05, 0.1) is 7.11 Å². The molecule has 0 aliphatic heterocycles. The van der Waals surface area contributed by atoms with Gasteiger partial charge in [-0.25, -0.2) is 0 Å². The maximum absolute atomic E-state index is 12.0. The van der Waals surface area contributed by atoms with Crippen LogP contribution in [0.15, 0.2) is 30.9 Å². The minimum Gasteiger partial charge on any atom is -0.493 e. The average Bonchev–Trinajstić information content (AvgIpc) is 2.30. The van der Waals surface area contributed by atoms with Crippen LogP contribution >= 0.6 is 0 Å². The number of anilines is 1. The van der Waals surface area contributed by atoms with Gasteiger partial charge in [-0.05, 0) is 18.2 Å². The van der Waals surface area contributed by atoms with Crippen LogP contribution in [-0.2, 0) is 4.79 Å². The van der Waals surface area contributed by atoms with Crippen molar-refractivity contribution in [2.24, 2.45) is 0 Å². The van der Waals surface area contributed by atoms with Crippen molar-refractivity contribution in [3.8, 4) is 11.5 Å². The first-order chi connectivity index (χ1) is 8.06. The number of amides is 1. The monoisotopic (exact) mass is 243 g/mol. The number of hydrogen-bond donors (Lipinski definition) is 1. The third kappa shape index (κ3) is 3.75. The molecule has 0 aliphatic carbocycles. The van der Waals surface area contributed by atoms with Gasteiger partial charge in [-0.3, -0.25) is 4.79 Å². The Hall–Kier alpha value is -2.11. The first-order valence-electron chi connectivity index (χ1n) is 4.63. The molecule has 0 unspecified atom stereocenters. The summed E-state index contributed by atoms with van der Waals surface area (Å²) in [5, 5.41) is 2.47. The fourth-order valence-corrected chi connectivity index (χ4v) is 1.13. The van der Waals surface area contributed by atoms with Crippen LogP contribution in [0.2, 0.25) is 0 Å². The molecule has 0 bridgehead atoms. The lowest BCUT2D eigenvalue weighted by atomic mass is 10.2. The Morgan fingerprint density at radius 3 is 2.71 bits per heavy atom. The summed E-state index contributed by atoms with van der Waals surface area (Å²) in [5.41, 5.74) is 0.397. The Bertz CT molecular complexity index is 421. The molecule has 1 rings (SSSR count). The van der Waals surface area contributed by atoms with Crippen LogP contribution in [0.5, 0.6) is 11.5 Å². The molecule has 0 aromatic heterocycles. The molecule has 17 heavy (non-hydrogen) atoms. The lowest BCUT2D eigenvalue weighted by Gasteiger charge is -2.11. The van der Waals surface area contributed by atoms with E-state index < -0.39 is 12.5 Å². The van der Waals surface area contributed by atoms with E-state index in [0.717, 1.165) is 6.08 Å². The van der Waals surface area contributed by atoms with Gasteiger partial charge in [-0.1, -0.05) is 6.58 Å². The Morgan fingerprint density at radius 2 is 2.18 bits per heavy atom. The highest BCUT2D eigenvalue weighted by atomic mass is 19.3. The Labute approximate surface area is 96.8 Å². The van der Waals surface area contributed by atoms with Crippen LogP contribution in [0.4, 0.5) is 14.5 Å². The molecule has 1 N–H and O–H groups in total. The molecule has 0 heterocycles. The fourth-order valence-electron chi connectivity index (χ4n) is 1.13. The highest BCUT2D eigenvalue weighted by molar-refractivity contribution is 5.99. The lowest BCUT2D eigenvalue weighted by Crippen LogP contribution is -2.08. The fraction of sp³-hybridized carbons (Fsp3) is 0.182. The number of nitrogens with one attached hydrogen (secondary N) is 1. The zero-order valence-electron chi connectivity index (χ0n) is 9.07. The van der Waals surface area contributed by atoms with E-state index >= 15 is 0 Å². The molecule has 92 valence electrons. The number of benzene rings is 1. The largest absolute Gasteiger partial charge is 0.493 e. The lowest BCUT2D eigenvalue weighted by molar-refractivity contribution is -0.111. The van der Waals surface area contributed by atoms with E-state index in [0.29, 0.717) is 5.69 Å². The minimum atomic E-state index is -2.93. The second-order valence-electron chi connectivity index (χ2n) is 2.94. The predicted molar refractivity (Wildman–Crippen MR) is 58.5 cm³/mol. The maximum Gasteiger partial charge on any atom is 0.387 e. The van der Waals surface area contributed by atoms with Gasteiger partial charge in [0, 0.05) is 11.8 Å². The summed E-state index contributed by atoms with van der Waals surface area (Å²) in [7, 11) is 1.31. The Balaban J connectivity index is 2.91. The van der Waals surface area contributed by atoms with E-state index in [1.807, 2.05) is 0 Å².